The summed E-state index contributed by atoms with van der Waals surface area (Å²) in [5.74, 6) is -0.286. The van der Waals surface area contributed by atoms with Gasteiger partial charge in [0.2, 0.25) is 0 Å². The molecule has 0 aliphatic heterocycles. The molecule has 2 aromatic rings. The monoisotopic (exact) mass is 344 g/mol. The highest BCUT2D eigenvalue weighted by Crippen LogP contribution is 2.23. The van der Waals surface area contributed by atoms with E-state index >= 15 is 0 Å². The van der Waals surface area contributed by atoms with Gasteiger partial charge in [0, 0.05) is 28.0 Å². The number of halogens is 3. The zero-order valence-corrected chi connectivity index (χ0v) is 12.1. The summed E-state index contributed by atoms with van der Waals surface area (Å²) in [5, 5.41) is 3.57. The van der Waals surface area contributed by atoms with E-state index in [0.717, 1.165) is 0 Å². The highest BCUT2D eigenvalue weighted by atomic mass is 79.9. The molecule has 18 heavy (non-hydrogen) atoms. The summed E-state index contributed by atoms with van der Waals surface area (Å²) in [6.07, 6.45) is 3.19. The van der Waals surface area contributed by atoms with Gasteiger partial charge in [0.05, 0.1) is 10.2 Å². The number of aromatic nitrogens is 1. The summed E-state index contributed by atoms with van der Waals surface area (Å²) in [4.78, 5) is 15.9. The second kappa shape index (κ2) is 5.69. The standard InChI is InChI=1S/C12H7BrCl2N2O/c13-10-6-16-2-1-11(10)17-12(18)7-3-8(14)5-9(15)4-7/h1-6H,(H,16,17,18). The molecule has 0 radical (unpaired) electrons. The lowest BCUT2D eigenvalue weighted by atomic mass is 10.2. The molecule has 6 heteroatoms. The zero-order valence-electron chi connectivity index (χ0n) is 8.95. The van der Waals surface area contributed by atoms with Gasteiger partial charge >= 0.3 is 0 Å². The lowest BCUT2D eigenvalue weighted by Crippen LogP contribution is -2.12. The van der Waals surface area contributed by atoms with E-state index < -0.39 is 0 Å². The minimum atomic E-state index is -0.286. The predicted octanol–water partition coefficient (Wildman–Crippen LogP) is 4.40. The minimum Gasteiger partial charge on any atom is -0.321 e. The normalized spacial score (nSPS) is 10.2. The van der Waals surface area contributed by atoms with Crippen LogP contribution in [0.15, 0.2) is 41.1 Å². The molecule has 1 N–H and O–H groups in total. The van der Waals surface area contributed by atoms with Crippen molar-refractivity contribution in [1.82, 2.24) is 4.98 Å². The number of amides is 1. The largest absolute Gasteiger partial charge is 0.321 e. The molecule has 1 aromatic heterocycles. The second-order valence-corrected chi connectivity index (χ2v) is 5.19. The number of benzene rings is 1. The van der Waals surface area contributed by atoms with Crippen LogP contribution in [0.1, 0.15) is 10.4 Å². The Bertz CT molecular complexity index is 584. The number of nitrogens with zero attached hydrogens (tertiary/aromatic N) is 1. The first-order valence-electron chi connectivity index (χ1n) is 4.93. The molecule has 0 saturated heterocycles. The van der Waals surface area contributed by atoms with Crippen LogP contribution in [0.4, 0.5) is 5.69 Å². The summed E-state index contributed by atoms with van der Waals surface area (Å²) in [5.41, 5.74) is 1.03. The maximum absolute atomic E-state index is 12.0. The van der Waals surface area contributed by atoms with Crippen LogP contribution in [0.5, 0.6) is 0 Å². The van der Waals surface area contributed by atoms with Gasteiger partial charge in [-0.3, -0.25) is 9.78 Å². The van der Waals surface area contributed by atoms with Crippen molar-refractivity contribution in [3.05, 3.63) is 56.7 Å². The number of carbonyl (C=O) groups excluding carboxylic acids is 1. The van der Waals surface area contributed by atoms with Crippen LogP contribution in [0.2, 0.25) is 10.0 Å². The van der Waals surface area contributed by atoms with E-state index in [4.69, 9.17) is 23.2 Å². The molecule has 92 valence electrons. The SMILES string of the molecule is O=C(Nc1ccncc1Br)c1cc(Cl)cc(Cl)c1. The molecule has 1 aromatic carbocycles. The number of hydrogen-bond donors (Lipinski definition) is 1. The van der Waals surface area contributed by atoms with E-state index in [0.29, 0.717) is 25.8 Å². The van der Waals surface area contributed by atoms with Crippen molar-refractivity contribution in [2.75, 3.05) is 5.32 Å². The van der Waals surface area contributed by atoms with Crippen LogP contribution in [0, 0.1) is 0 Å². The molecule has 0 aliphatic rings. The van der Waals surface area contributed by atoms with E-state index in [2.05, 4.69) is 26.2 Å². The fourth-order valence-corrected chi connectivity index (χ4v) is 2.23. The molecular formula is C12H7BrCl2N2O. The molecule has 0 bridgehead atoms. The third-order valence-electron chi connectivity index (χ3n) is 2.15. The Morgan fingerprint density at radius 3 is 2.50 bits per heavy atom. The van der Waals surface area contributed by atoms with Gasteiger partial charge in [0.25, 0.3) is 5.91 Å². The highest BCUT2D eigenvalue weighted by molar-refractivity contribution is 9.10. The van der Waals surface area contributed by atoms with Crippen molar-refractivity contribution >= 4 is 50.7 Å². The number of anilines is 1. The molecule has 1 amide bonds. The third kappa shape index (κ3) is 3.22. The van der Waals surface area contributed by atoms with Gasteiger partial charge in [-0.05, 0) is 40.2 Å². The number of carbonyl (C=O) groups is 1. The van der Waals surface area contributed by atoms with Crippen LogP contribution in [-0.4, -0.2) is 10.9 Å². The Balaban J connectivity index is 2.25. The average molecular weight is 346 g/mol. The minimum absolute atomic E-state index is 0.286. The molecular weight excluding hydrogens is 339 g/mol. The van der Waals surface area contributed by atoms with E-state index in [1.165, 1.54) is 0 Å². The number of rotatable bonds is 2. The smallest absolute Gasteiger partial charge is 0.255 e. The molecule has 0 spiro atoms. The fourth-order valence-electron chi connectivity index (χ4n) is 1.36. The molecule has 1 heterocycles. The van der Waals surface area contributed by atoms with Crippen molar-refractivity contribution in [3.63, 3.8) is 0 Å². The van der Waals surface area contributed by atoms with Gasteiger partial charge in [-0.2, -0.15) is 0 Å². The van der Waals surface area contributed by atoms with Crippen molar-refractivity contribution < 1.29 is 4.79 Å². The maximum atomic E-state index is 12.0. The van der Waals surface area contributed by atoms with Crippen LogP contribution >= 0.6 is 39.1 Å². The number of nitrogens with one attached hydrogen (secondary N) is 1. The van der Waals surface area contributed by atoms with Gasteiger partial charge in [-0.15, -0.1) is 0 Å². The van der Waals surface area contributed by atoms with E-state index in [9.17, 15) is 4.79 Å². The van der Waals surface area contributed by atoms with Gasteiger partial charge in [0.15, 0.2) is 0 Å². The Kier molecular flexibility index (Phi) is 4.22. The van der Waals surface area contributed by atoms with Gasteiger partial charge < -0.3 is 5.32 Å². The summed E-state index contributed by atoms with van der Waals surface area (Å²) in [6, 6.07) is 6.37. The Labute approximate surface area is 122 Å². The molecule has 0 saturated carbocycles. The number of pyridine rings is 1. The van der Waals surface area contributed by atoms with E-state index in [-0.39, 0.29) is 5.91 Å². The van der Waals surface area contributed by atoms with Gasteiger partial charge in [0.1, 0.15) is 0 Å². The maximum Gasteiger partial charge on any atom is 0.255 e. The summed E-state index contributed by atoms with van der Waals surface area (Å²) in [7, 11) is 0. The van der Waals surface area contributed by atoms with E-state index in [1.807, 2.05) is 0 Å². The third-order valence-corrected chi connectivity index (χ3v) is 3.21. The topological polar surface area (TPSA) is 42.0 Å². The van der Waals surface area contributed by atoms with Gasteiger partial charge in [-0.25, -0.2) is 0 Å². The summed E-state index contributed by atoms with van der Waals surface area (Å²) >= 11 is 15.0. The van der Waals surface area contributed by atoms with Crippen LogP contribution < -0.4 is 5.32 Å². The average Bonchev–Trinajstić information content (AvgIpc) is 2.31. The predicted molar refractivity (Wildman–Crippen MR) is 76.4 cm³/mol. The molecule has 2 rings (SSSR count). The lowest BCUT2D eigenvalue weighted by molar-refractivity contribution is 0.102. The van der Waals surface area contributed by atoms with Crippen molar-refractivity contribution in [2.45, 2.75) is 0 Å². The van der Waals surface area contributed by atoms with E-state index in [1.54, 1.807) is 36.7 Å². The molecule has 0 fully saturated rings. The lowest BCUT2D eigenvalue weighted by Gasteiger charge is -2.07. The van der Waals surface area contributed by atoms with Crippen molar-refractivity contribution in [1.29, 1.82) is 0 Å². The molecule has 0 aliphatic carbocycles. The fraction of sp³-hybridized carbons (Fsp3) is 0. The molecule has 3 nitrogen and oxygen atoms in total. The van der Waals surface area contributed by atoms with Crippen molar-refractivity contribution in [2.24, 2.45) is 0 Å². The number of hydrogen-bond acceptors (Lipinski definition) is 2. The highest BCUT2D eigenvalue weighted by Gasteiger charge is 2.09. The van der Waals surface area contributed by atoms with Crippen LogP contribution in [0.25, 0.3) is 0 Å². The Morgan fingerprint density at radius 1 is 1.22 bits per heavy atom. The zero-order chi connectivity index (χ0) is 13.1. The first-order chi connectivity index (χ1) is 8.56. The first-order valence-corrected chi connectivity index (χ1v) is 6.48. The van der Waals surface area contributed by atoms with Gasteiger partial charge in [-0.1, -0.05) is 23.2 Å². The van der Waals surface area contributed by atoms with Crippen LogP contribution in [-0.2, 0) is 0 Å². The first kappa shape index (κ1) is 13.3. The Hall–Kier alpha value is -1.10. The second-order valence-electron chi connectivity index (χ2n) is 3.47. The summed E-state index contributed by atoms with van der Waals surface area (Å²) in [6.45, 7) is 0. The quantitative estimate of drug-likeness (QED) is 0.876. The van der Waals surface area contributed by atoms with Crippen LogP contribution in [0.3, 0.4) is 0 Å². The Morgan fingerprint density at radius 2 is 1.89 bits per heavy atom. The van der Waals surface area contributed by atoms with Crippen molar-refractivity contribution in [3.8, 4) is 0 Å². The molecule has 0 unspecified atom stereocenters. The molecule has 0 atom stereocenters. The summed E-state index contributed by atoms with van der Waals surface area (Å²) < 4.78 is 0.700.